The molecule has 0 amide bonds. The van der Waals surface area contributed by atoms with Crippen molar-refractivity contribution in [2.45, 2.75) is 49.8 Å². The van der Waals surface area contributed by atoms with Crippen LogP contribution in [-0.2, 0) is 46.1 Å². The third kappa shape index (κ3) is 9.24. The summed E-state index contributed by atoms with van der Waals surface area (Å²) in [4.78, 5) is 35.0. The van der Waals surface area contributed by atoms with Gasteiger partial charge in [-0.1, -0.05) is 13.8 Å². The zero-order chi connectivity index (χ0) is 43.7. The average molecular weight is 867 g/mol. The molecule has 0 saturated carbocycles. The first-order valence-electron chi connectivity index (χ1n) is 17.6. The third-order valence-electron chi connectivity index (χ3n) is 8.91. The van der Waals surface area contributed by atoms with E-state index in [2.05, 4.69) is 35.0 Å². The van der Waals surface area contributed by atoms with Crippen molar-refractivity contribution in [3.05, 3.63) is 71.3 Å². The summed E-state index contributed by atoms with van der Waals surface area (Å²) in [7, 11) is -4.46. The second-order valence-electron chi connectivity index (χ2n) is 12.7. The third-order valence-corrected chi connectivity index (χ3v) is 12.4. The number of aldehydes is 1. The molecular formula is C36H36F6N10O5S2. The van der Waals surface area contributed by atoms with Gasteiger partial charge >= 0.3 is 12.4 Å². The van der Waals surface area contributed by atoms with E-state index in [0.717, 1.165) is 18.3 Å². The number of pyridine rings is 4. The van der Waals surface area contributed by atoms with Gasteiger partial charge in [0.25, 0.3) is 0 Å². The number of hydrazone groups is 1. The zero-order valence-corrected chi connectivity index (χ0v) is 33.8. The van der Waals surface area contributed by atoms with Crippen LogP contribution in [0.5, 0.6) is 0 Å². The van der Waals surface area contributed by atoms with Gasteiger partial charge in [0, 0.05) is 63.1 Å². The quantitative estimate of drug-likeness (QED) is 0.0624. The van der Waals surface area contributed by atoms with Crippen LogP contribution in [0.15, 0.2) is 63.9 Å². The fraction of sp³-hybridized carbons (Fsp3) is 0.333. The molecule has 6 heterocycles. The van der Waals surface area contributed by atoms with Crippen LogP contribution >= 0.6 is 0 Å². The lowest BCUT2D eigenvalue weighted by atomic mass is 10.2. The number of hydrogen-bond donors (Lipinski definition) is 0. The van der Waals surface area contributed by atoms with Crippen molar-refractivity contribution < 1.29 is 48.0 Å². The van der Waals surface area contributed by atoms with Crippen molar-refractivity contribution in [1.29, 1.82) is 0 Å². The van der Waals surface area contributed by atoms with E-state index in [9.17, 15) is 48.0 Å². The highest BCUT2D eigenvalue weighted by Crippen LogP contribution is 2.34. The lowest BCUT2D eigenvalue weighted by Gasteiger charge is -2.13. The topological polar surface area (TPSA) is 188 Å². The number of sulfone groups is 2. The number of aromatic nitrogens is 8. The van der Waals surface area contributed by atoms with Gasteiger partial charge in [-0.3, -0.25) is 19.8 Å². The van der Waals surface area contributed by atoms with E-state index in [1.54, 1.807) is 12.1 Å². The molecule has 0 aliphatic rings. The highest BCUT2D eigenvalue weighted by atomic mass is 32.2. The van der Waals surface area contributed by atoms with Gasteiger partial charge in [0.1, 0.15) is 22.4 Å². The highest BCUT2D eigenvalue weighted by molar-refractivity contribution is 7.91. The van der Waals surface area contributed by atoms with Crippen LogP contribution in [0.25, 0.3) is 45.4 Å². The molecule has 6 aromatic rings. The molecule has 0 radical (unpaired) electrons. The molecule has 6 aromatic heterocycles. The van der Waals surface area contributed by atoms with Crippen molar-refractivity contribution in [2.75, 3.05) is 24.6 Å². The fourth-order valence-electron chi connectivity index (χ4n) is 5.60. The molecule has 0 spiro atoms. The van der Waals surface area contributed by atoms with E-state index in [1.165, 1.54) is 60.8 Å². The van der Waals surface area contributed by atoms with Crippen molar-refractivity contribution in [3.8, 4) is 23.0 Å². The number of fused-ring (bicyclic) bond motifs is 2. The summed E-state index contributed by atoms with van der Waals surface area (Å²) in [5, 5.41) is 6.09. The van der Waals surface area contributed by atoms with Gasteiger partial charge in [-0.15, -0.1) is 0 Å². The molecule has 0 aromatic carbocycles. The van der Waals surface area contributed by atoms with E-state index in [0.29, 0.717) is 31.1 Å². The van der Waals surface area contributed by atoms with Crippen LogP contribution in [0.3, 0.4) is 0 Å². The molecule has 23 heteroatoms. The molecule has 0 unspecified atom stereocenters. The second kappa shape index (κ2) is 16.8. The first-order chi connectivity index (χ1) is 27.6. The lowest BCUT2D eigenvalue weighted by molar-refractivity contribution is -0.138. The lowest BCUT2D eigenvalue weighted by Crippen LogP contribution is -2.16. The molecule has 15 nitrogen and oxygen atoms in total. The van der Waals surface area contributed by atoms with E-state index in [-0.39, 0.29) is 72.2 Å². The van der Waals surface area contributed by atoms with Gasteiger partial charge in [0.15, 0.2) is 48.9 Å². The van der Waals surface area contributed by atoms with E-state index in [4.69, 9.17) is 0 Å². The number of hydrogen-bond acceptors (Lipinski definition) is 13. The molecule has 0 N–H and O–H groups in total. The van der Waals surface area contributed by atoms with Crippen LogP contribution in [0.2, 0.25) is 0 Å². The Bertz CT molecular complexity index is 2800. The maximum Gasteiger partial charge on any atom is 0.417 e. The maximum atomic E-state index is 13.1. The second-order valence-corrected chi connectivity index (χ2v) is 17.2. The smallest absolute Gasteiger partial charge is 0.310 e. The number of halogens is 6. The largest absolute Gasteiger partial charge is 0.417 e. The van der Waals surface area contributed by atoms with E-state index in [1.807, 2.05) is 13.8 Å². The number of carbonyl (C=O) groups is 1. The summed E-state index contributed by atoms with van der Waals surface area (Å²) in [6.45, 7) is 8.19. The van der Waals surface area contributed by atoms with Gasteiger partial charge in [0.2, 0.25) is 0 Å². The minimum atomic E-state index is -4.58. The number of carbonyl (C=O) groups excluding carboxylic acids is 1. The van der Waals surface area contributed by atoms with Crippen molar-refractivity contribution >= 4 is 54.5 Å². The Hall–Kier alpha value is -5.84. The Balaban J connectivity index is 0.000000227. The average Bonchev–Trinajstić information content (AvgIpc) is 3.72. The summed E-state index contributed by atoms with van der Waals surface area (Å²) in [6, 6.07) is 4.33. The summed E-state index contributed by atoms with van der Waals surface area (Å²) < 4.78 is 131. The minimum absolute atomic E-state index is 0.00820. The van der Waals surface area contributed by atoms with Crippen LogP contribution in [-0.4, -0.2) is 98.0 Å². The van der Waals surface area contributed by atoms with Crippen LogP contribution < -0.4 is 0 Å². The highest BCUT2D eigenvalue weighted by Gasteiger charge is 2.33. The summed E-state index contributed by atoms with van der Waals surface area (Å²) >= 11 is 0. The van der Waals surface area contributed by atoms with Crippen molar-refractivity contribution in [3.63, 3.8) is 0 Å². The van der Waals surface area contributed by atoms with Crippen LogP contribution in [0, 0.1) is 0 Å². The Morgan fingerprint density at radius 1 is 0.644 bits per heavy atom. The fourth-order valence-corrected chi connectivity index (χ4v) is 7.73. The Morgan fingerprint density at radius 3 is 1.42 bits per heavy atom. The maximum absolute atomic E-state index is 13.1. The summed E-state index contributed by atoms with van der Waals surface area (Å²) in [6.07, 6.45) is -3.16. The Labute approximate surface area is 333 Å². The standard InChI is InChI=1S/C20H23F3N6O2S.C16H13F3N4O3S/c1-5-29(6-2)26-11-13-8-16(32(30,31)7-3)17(24-10-13)19-27-15-9-14(20(21,22)23)12-25-18(15)28(19)4;1-3-27(25,26)12-4-9(8-24)6-20-13(12)15-22-11-5-10(16(17,18)19)7-21-14(11)23(15)2/h8-12H,5-7H2,1-4H3;4-8H,3H2,1-2H3/b26-11+;. The van der Waals surface area contributed by atoms with Gasteiger partial charge in [-0.05, 0) is 38.1 Å². The predicted molar refractivity (Wildman–Crippen MR) is 205 cm³/mol. The number of rotatable bonds is 11. The van der Waals surface area contributed by atoms with E-state index >= 15 is 0 Å². The first-order valence-corrected chi connectivity index (χ1v) is 20.9. The SMILES string of the molecule is CCN(CC)/N=C/c1cnc(-c2nc3cc(C(F)(F)F)cnc3n2C)c(S(=O)(=O)CC)c1.CCS(=O)(=O)c1cc(C=O)cnc1-c1nc2cc(C(F)(F)F)cnc2n1C. The first kappa shape index (κ1) is 44.3. The van der Waals surface area contributed by atoms with Crippen molar-refractivity contribution in [1.82, 2.24) is 44.0 Å². The Morgan fingerprint density at radius 2 is 1.05 bits per heavy atom. The van der Waals surface area contributed by atoms with Gasteiger partial charge in [-0.25, -0.2) is 36.8 Å². The molecule has 314 valence electrons. The van der Waals surface area contributed by atoms with Crippen molar-refractivity contribution in [2.24, 2.45) is 19.2 Å². The number of alkyl halides is 6. The Kier molecular flexibility index (Phi) is 12.6. The molecule has 0 atom stereocenters. The monoisotopic (exact) mass is 866 g/mol. The minimum Gasteiger partial charge on any atom is -0.310 e. The molecule has 59 heavy (non-hydrogen) atoms. The molecule has 0 fully saturated rings. The molecular weight excluding hydrogens is 831 g/mol. The zero-order valence-electron chi connectivity index (χ0n) is 32.2. The van der Waals surface area contributed by atoms with Crippen LogP contribution in [0.4, 0.5) is 26.3 Å². The van der Waals surface area contributed by atoms with Crippen LogP contribution in [0.1, 0.15) is 54.7 Å². The summed E-state index contributed by atoms with van der Waals surface area (Å²) in [5.74, 6) is -0.296. The normalized spacial score (nSPS) is 12.6. The molecule has 0 aliphatic carbocycles. The van der Waals surface area contributed by atoms with Gasteiger partial charge in [-0.2, -0.15) is 31.4 Å². The predicted octanol–water partition coefficient (Wildman–Crippen LogP) is 6.17. The van der Waals surface area contributed by atoms with E-state index < -0.39 is 43.2 Å². The number of imidazole rings is 2. The summed E-state index contributed by atoms with van der Waals surface area (Å²) in [5.41, 5.74) is -1.13. The van der Waals surface area contributed by atoms with Gasteiger partial charge in [0.05, 0.1) is 38.6 Å². The molecule has 6 rings (SSSR count). The number of nitrogens with zero attached hydrogens (tertiary/aromatic N) is 10. The van der Waals surface area contributed by atoms with Gasteiger partial charge < -0.3 is 9.13 Å². The molecule has 0 bridgehead atoms. The molecule has 0 saturated heterocycles. The number of aryl methyl sites for hydroxylation is 2. The molecule has 0 aliphatic heterocycles.